The van der Waals surface area contributed by atoms with Gasteiger partial charge in [0.2, 0.25) is 0 Å². The molecule has 0 aliphatic heterocycles. The van der Waals surface area contributed by atoms with Gasteiger partial charge in [-0.1, -0.05) is 42.0 Å². The second-order valence-electron chi connectivity index (χ2n) is 5.62. The first-order valence-corrected chi connectivity index (χ1v) is 7.56. The first kappa shape index (κ1) is 15.2. The van der Waals surface area contributed by atoms with Crippen molar-refractivity contribution in [2.24, 2.45) is 0 Å². The van der Waals surface area contributed by atoms with Gasteiger partial charge < -0.3 is 14.8 Å². The molecule has 2 N–H and O–H groups in total. The number of methoxy groups -OCH3 is 1. The average molecular weight is 309 g/mol. The molecule has 0 unspecified atom stereocenters. The van der Waals surface area contributed by atoms with Crippen LogP contribution in [0.2, 0.25) is 0 Å². The van der Waals surface area contributed by atoms with Crippen LogP contribution in [-0.2, 0) is 11.2 Å². The molecule has 0 atom stereocenters. The van der Waals surface area contributed by atoms with Crippen molar-refractivity contribution in [3.8, 4) is 17.0 Å². The fourth-order valence-electron chi connectivity index (χ4n) is 2.87. The fraction of sp³-hybridized carbons (Fsp3) is 0.211. The van der Waals surface area contributed by atoms with E-state index in [4.69, 9.17) is 9.84 Å². The minimum Gasteiger partial charge on any atom is -0.495 e. The topological polar surface area (TPSA) is 62.3 Å². The van der Waals surface area contributed by atoms with Gasteiger partial charge in [0, 0.05) is 17.5 Å². The predicted molar refractivity (Wildman–Crippen MR) is 91.0 cm³/mol. The number of aryl methyl sites for hydroxylation is 2. The standard InChI is InChI=1S/C19H19NO3/c1-12-6-8-13(9-7-12)18-15(10-11-17(21)22)14-4-3-5-16(23-2)19(14)20-18/h3-9,20H,10-11H2,1-2H3,(H,21,22). The molecule has 1 aromatic heterocycles. The van der Waals surface area contributed by atoms with Gasteiger partial charge in [0.15, 0.2) is 0 Å². The Labute approximate surface area is 134 Å². The molecule has 0 aliphatic carbocycles. The molecule has 0 radical (unpaired) electrons. The van der Waals surface area contributed by atoms with Gasteiger partial charge in [0.1, 0.15) is 5.75 Å². The minimum atomic E-state index is -0.794. The molecule has 23 heavy (non-hydrogen) atoms. The van der Waals surface area contributed by atoms with Crippen molar-refractivity contribution in [1.29, 1.82) is 0 Å². The van der Waals surface area contributed by atoms with Crippen molar-refractivity contribution < 1.29 is 14.6 Å². The number of H-pyrrole nitrogens is 1. The Balaban J connectivity index is 2.19. The lowest BCUT2D eigenvalue weighted by Gasteiger charge is -2.04. The molecule has 1 heterocycles. The van der Waals surface area contributed by atoms with Gasteiger partial charge in [0.25, 0.3) is 0 Å². The number of nitrogens with one attached hydrogen (secondary N) is 1. The number of hydrogen-bond donors (Lipinski definition) is 2. The van der Waals surface area contributed by atoms with Crippen molar-refractivity contribution in [3.05, 3.63) is 53.6 Å². The molecule has 4 heteroatoms. The van der Waals surface area contributed by atoms with E-state index in [1.165, 1.54) is 5.56 Å². The van der Waals surface area contributed by atoms with Gasteiger partial charge in [-0.3, -0.25) is 4.79 Å². The molecule has 0 saturated heterocycles. The normalized spacial score (nSPS) is 10.9. The lowest BCUT2D eigenvalue weighted by molar-refractivity contribution is -0.136. The van der Waals surface area contributed by atoms with Gasteiger partial charge >= 0.3 is 5.97 Å². The van der Waals surface area contributed by atoms with Crippen molar-refractivity contribution in [2.45, 2.75) is 19.8 Å². The second kappa shape index (κ2) is 6.16. The zero-order valence-electron chi connectivity index (χ0n) is 13.2. The third-order valence-corrected chi connectivity index (χ3v) is 4.05. The van der Waals surface area contributed by atoms with Crippen LogP contribution in [0, 0.1) is 6.92 Å². The van der Waals surface area contributed by atoms with E-state index in [1.54, 1.807) is 7.11 Å². The number of rotatable bonds is 5. The molecule has 4 nitrogen and oxygen atoms in total. The molecule has 2 aromatic carbocycles. The van der Waals surface area contributed by atoms with Crippen LogP contribution in [0.15, 0.2) is 42.5 Å². The summed E-state index contributed by atoms with van der Waals surface area (Å²) in [5, 5.41) is 10.1. The fourth-order valence-corrected chi connectivity index (χ4v) is 2.87. The van der Waals surface area contributed by atoms with Gasteiger partial charge in [-0.05, 0) is 30.5 Å². The predicted octanol–water partition coefficient (Wildman–Crippen LogP) is 4.17. The van der Waals surface area contributed by atoms with Crippen LogP contribution in [0.25, 0.3) is 22.2 Å². The summed E-state index contributed by atoms with van der Waals surface area (Å²) in [4.78, 5) is 14.4. The highest BCUT2D eigenvalue weighted by Crippen LogP contribution is 2.35. The summed E-state index contributed by atoms with van der Waals surface area (Å²) in [6.07, 6.45) is 0.578. The van der Waals surface area contributed by atoms with Crippen molar-refractivity contribution in [2.75, 3.05) is 7.11 Å². The van der Waals surface area contributed by atoms with E-state index in [9.17, 15) is 4.79 Å². The molecule has 3 rings (SSSR count). The number of carbonyl (C=O) groups is 1. The lowest BCUT2D eigenvalue weighted by Crippen LogP contribution is -1.98. The van der Waals surface area contributed by atoms with Crippen LogP contribution in [0.5, 0.6) is 5.75 Å². The van der Waals surface area contributed by atoms with Crippen molar-refractivity contribution >= 4 is 16.9 Å². The third kappa shape index (κ3) is 2.93. The zero-order chi connectivity index (χ0) is 16.4. The molecule has 0 bridgehead atoms. The summed E-state index contributed by atoms with van der Waals surface area (Å²) in [6, 6.07) is 14.0. The number of aromatic nitrogens is 1. The van der Waals surface area contributed by atoms with Gasteiger partial charge in [-0.15, -0.1) is 0 Å². The van der Waals surface area contributed by atoms with Crippen LogP contribution >= 0.6 is 0 Å². The Kier molecular flexibility index (Phi) is 4.06. The molecule has 0 spiro atoms. The molecule has 0 saturated carbocycles. The maximum Gasteiger partial charge on any atom is 0.303 e. The SMILES string of the molecule is COc1cccc2c(CCC(=O)O)c(-c3ccc(C)cc3)[nH]c12. The van der Waals surface area contributed by atoms with Gasteiger partial charge in [-0.25, -0.2) is 0 Å². The number of aromatic amines is 1. The third-order valence-electron chi connectivity index (χ3n) is 4.05. The van der Waals surface area contributed by atoms with Gasteiger partial charge in [-0.2, -0.15) is 0 Å². The van der Waals surface area contributed by atoms with E-state index >= 15 is 0 Å². The van der Waals surface area contributed by atoms with Crippen molar-refractivity contribution in [1.82, 2.24) is 4.98 Å². The molecular formula is C19H19NO3. The highest BCUT2D eigenvalue weighted by atomic mass is 16.5. The van der Waals surface area contributed by atoms with E-state index in [0.717, 1.165) is 33.5 Å². The first-order valence-electron chi connectivity index (χ1n) is 7.56. The maximum atomic E-state index is 11.0. The number of fused-ring (bicyclic) bond motifs is 1. The first-order chi connectivity index (χ1) is 11.1. The molecule has 0 fully saturated rings. The van der Waals surface area contributed by atoms with E-state index in [-0.39, 0.29) is 6.42 Å². The molecular weight excluding hydrogens is 290 g/mol. The summed E-state index contributed by atoms with van der Waals surface area (Å²) in [7, 11) is 1.64. The Morgan fingerprint density at radius 1 is 1.17 bits per heavy atom. The van der Waals surface area contributed by atoms with E-state index in [0.29, 0.717) is 6.42 Å². The number of benzene rings is 2. The average Bonchev–Trinajstić information content (AvgIpc) is 2.92. The number of ether oxygens (including phenoxy) is 1. The molecule has 3 aromatic rings. The maximum absolute atomic E-state index is 11.0. The molecule has 0 amide bonds. The van der Waals surface area contributed by atoms with Crippen LogP contribution < -0.4 is 4.74 Å². The number of hydrogen-bond acceptors (Lipinski definition) is 2. The van der Waals surface area contributed by atoms with Gasteiger partial charge in [0.05, 0.1) is 12.6 Å². The summed E-state index contributed by atoms with van der Waals surface area (Å²) in [6.45, 7) is 2.04. The second-order valence-corrected chi connectivity index (χ2v) is 5.62. The number of carboxylic acids is 1. The smallest absolute Gasteiger partial charge is 0.303 e. The van der Waals surface area contributed by atoms with Crippen LogP contribution in [0.3, 0.4) is 0 Å². The Bertz CT molecular complexity index is 847. The number of aliphatic carboxylic acids is 1. The summed E-state index contributed by atoms with van der Waals surface area (Å²) in [5.41, 5.74) is 5.13. The number of para-hydroxylation sites is 1. The quantitative estimate of drug-likeness (QED) is 0.743. The summed E-state index contributed by atoms with van der Waals surface area (Å²) < 4.78 is 5.43. The zero-order valence-corrected chi connectivity index (χ0v) is 13.2. The molecule has 0 aliphatic rings. The highest BCUT2D eigenvalue weighted by molar-refractivity contribution is 5.94. The lowest BCUT2D eigenvalue weighted by atomic mass is 10.0. The Hall–Kier alpha value is -2.75. The monoisotopic (exact) mass is 309 g/mol. The van der Waals surface area contributed by atoms with Crippen molar-refractivity contribution in [3.63, 3.8) is 0 Å². The van der Waals surface area contributed by atoms with E-state index < -0.39 is 5.97 Å². The molecule has 118 valence electrons. The van der Waals surface area contributed by atoms with Crippen LogP contribution in [0.4, 0.5) is 0 Å². The largest absolute Gasteiger partial charge is 0.495 e. The Morgan fingerprint density at radius 3 is 2.57 bits per heavy atom. The number of carboxylic acid groups (broad SMARTS) is 1. The van der Waals surface area contributed by atoms with Crippen LogP contribution in [0.1, 0.15) is 17.5 Å². The van der Waals surface area contributed by atoms with Crippen LogP contribution in [-0.4, -0.2) is 23.2 Å². The van der Waals surface area contributed by atoms with E-state index in [1.807, 2.05) is 25.1 Å². The summed E-state index contributed by atoms with van der Waals surface area (Å²) >= 11 is 0. The van der Waals surface area contributed by atoms with E-state index in [2.05, 4.69) is 29.2 Å². The highest BCUT2D eigenvalue weighted by Gasteiger charge is 2.16. The summed E-state index contributed by atoms with van der Waals surface area (Å²) in [5.74, 6) is -0.0328. The Morgan fingerprint density at radius 2 is 1.91 bits per heavy atom. The minimum absolute atomic E-state index is 0.100.